The van der Waals surface area contributed by atoms with E-state index >= 15 is 0 Å². The molecular formula is C12H18N2O4. The highest BCUT2D eigenvalue weighted by Gasteiger charge is 2.23. The van der Waals surface area contributed by atoms with Crippen molar-refractivity contribution in [3.05, 3.63) is 23.7 Å². The number of carbonyl (C=O) groups excluding carboxylic acids is 1. The van der Waals surface area contributed by atoms with E-state index in [1.807, 2.05) is 13.8 Å². The van der Waals surface area contributed by atoms with Crippen LogP contribution < -0.4 is 11.1 Å². The Labute approximate surface area is 105 Å². The van der Waals surface area contributed by atoms with Gasteiger partial charge in [0.15, 0.2) is 0 Å². The number of nitrogens with one attached hydrogen (secondary N) is 1. The minimum atomic E-state index is -1.12. The fourth-order valence-corrected chi connectivity index (χ4v) is 1.66. The Morgan fingerprint density at radius 1 is 1.33 bits per heavy atom. The van der Waals surface area contributed by atoms with Gasteiger partial charge in [-0.25, -0.2) is 4.79 Å². The number of hydrogen-bond donors (Lipinski definition) is 3. The Morgan fingerprint density at radius 2 is 1.94 bits per heavy atom. The van der Waals surface area contributed by atoms with Gasteiger partial charge in [0, 0.05) is 0 Å². The van der Waals surface area contributed by atoms with Crippen LogP contribution in [0.1, 0.15) is 43.1 Å². The number of aromatic carboxylic acids is 1. The molecule has 1 aromatic rings. The van der Waals surface area contributed by atoms with Crippen LogP contribution in [0.3, 0.4) is 0 Å². The molecule has 0 aliphatic carbocycles. The number of nitrogens with two attached hydrogens (primary N) is 1. The summed E-state index contributed by atoms with van der Waals surface area (Å²) in [6, 6.07) is 2.17. The van der Waals surface area contributed by atoms with E-state index in [2.05, 4.69) is 5.32 Å². The highest BCUT2D eigenvalue weighted by molar-refractivity contribution is 5.84. The number of hydrogen-bond acceptors (Lipinski definition) is 4. The van der Waals surface area contributed by atoms with E-state index in [4.69, 9.17) is 15.3 Å². The molecule has 6 heteroatoms. The molecule has 1 rings (SSSR count). The third-order valence-corrected chi connectivity index (χ3v) is 2.67. The van der Waals surface area contributed by atoms with Gasteiger partial charge in [0.2, 0.25) is 11.7 Å². The smallest absolute Gasteiger partial charge is 0.371 e. The Morgan fingerprint density at radius 3 is 2.33 bits per heavy atom. The SMILES string of the molecule is CC(NC(C(N)=O)C(C)C)c1ccc(C(=O)O)o1. The quantitative estimate of drug-likeness (QED) is 0.705. The lowest BCUT2D eigenvalue weighted by Crippen LogP contribution is -2.45. The van der Waals surface area contributed by atoms with Gasteiger partial charge in [-0.15, -0.1) is 0 Å². The number of amides is 1. The van der Waals surface area contributed by atoms with E-state index in [9.17, 15) is 9.59 Å². The van der Waals surface area contributed by atoms with Gasteiger partial charge in [-0.1, -0.05) is 13.8 Å². The van der Waals surface area contributed by atoms with Crippen LogP contribution in [0.15, 0.2) is 16.5 Å². The molecule has 0 aliphatic heterocycles. The van der Waals surface area contributed by atoms with Gasteiger partial charge in [0.25, 0.3) is 0 Å². The molecule has 0 bridgehead atoms. The molecule has 4 N–H and O–H groups in total. The second kappa shape index (κ2) is 5.68. The zero-order chi connectivity index (χ0) is 13.9. The number of carboxylic acid groups (broad SMARTS) is 1. The topological polar surface area (TPSA) is 106 Å². The number of carboxylic acids is 1. The van der Waals surface area contributed by atoms with Crippen LogP contribution in [0.25, 0.3) is 0 Å². The summed E-state index contributed by atoms with van der Waals surface area (Å²) in [5.74, 6) is -1.19. The fourth-order valence-electron chi connectivity index (χ4n) is 1.66. The molecule has 6 nitrogen and oxygen atoms in total. The molecule has 0 spiro atoms. The average molecular weight is 254 g/mol. The summed E-state index contributed by atoms with van der Waals surface area (Å²) < 4.78 is 5.15. The van der Waals surface area contributed by atoms with Crippen molar-refractivity contribution in [2.24, 2.45) is 11.7 Å². The van der Waals surface area contributed by atoms with Crippen LogP contribution in [0.5, 0.6) is 0 Å². The van der Waals surface area contributed by atoms with Crippen LogP contribution in [0.4, 0.5) is 0 Å². The van der Waals surface area contributed by atoms with E-state index in [1.54, 1.807) is 13.0 Å². The van der Waals surface area contributed by atoms with Gasteiger partial charge >= 0.3 is 5.97 Å². The summed E-state index contributed by atoms with van der Waals surface area (Å²) in [5, 5.41) is 11.8. The summed E-state index contributed by atoms with van der Waals surface area (Å²) in [5.41, 5.74) is 5.29. The van der Waals surface area contributed by atoms with Crippen molar-refractivity contribution in [3.63, 3.8) is 0 Å². The van der Waals surface area contributed by atoms with E-state index in [1.165, 1.54) is 6.07 Å². The summed E-state index contributed by atoms with van der Waals surface area (Å²) in [6.45, 7) is 5.53. The lowest BCUT2D eigenvalue weighted by molar-refractivity contribution is -0.121. The maximum absolute atomic E-state index is 11.3. The van der Waals surface area contributed by atoms with Crippen LogP contribution >= 0.6 is 0 Å². The van der Waals surface area contributed by atoms with Crippen molar-refractivity contribution in [1.82, 2.24) is 5.32 Å². The van der Waals surface area contributed by atoms with Crippen LogP contribution in [-0.2, 0) is 4.79 Å². The maximum atomic E-state index is 11.3. The molecule has 2 unspecified atom stereocenters. The number of furan rings is 1. The first-order chi connectivity index (χ1) is 8.32. The Kier molecular flexibility index (Phi) is 4.49. The van der Waals surface area contributed by atoms with Crippen molar-refractivity contribution < 1.29 is 19.1 Å². The molecule has 2 atom stereocenters. The molecule has 0 saturated carbocycles. The van der Waals surface area contributed by atoms with E-state index < -0.39 is 17.9 Å². The number of carbonyl (C=O) groups is 2. The Balaban J connectivity index is 2.77. The fraction of sp³-hybridized carbons (Fsp3) is 0.500. The van der Waals surface area contributed by atoms with Crippen molar-refractivity contribution in [2.75, 3.05) is 0 Å². The first kappa shape index (κ1) is 14.2. The first-order valence-electron chi connectivity index (χ1n) is 5.71. The third kappa shape index (κ3) is 3.33. The Hall–Kier alpha value is -1.82. The van der Waals surface area contributed by atoms with E-state index in [-0.39, 0.29) is 17.7 Å². The summed E-state index contributed by atoms with van der Waals surface area (Å²) in [7, 11) is 0. The zero-order valence-corrected chi connectivity index (χ0v) is 10.6. The van der Waals surface area contributed by atoms with Crippen molar-refractivity contribution in [1.29, 1.82) is 0 Å². The van der Waals surface area contributed by atoms with E-state index in [0.29, 0.717) is 5.76 Å². The van der Waals surface area contributed by atoms with Gasteiger partial charge < -0.3 is 15.3 Å². The third-order valence-electron chi connectivity index (χ3n) is 2.67. The molecule has 18 heavy (non-hydrogen) atoms. The van der Waals surface area contributed by atoms with Crippen LogP contribution in [0, 0.1) is 5.92 Å². The van der Waals surface area contributed by atoms with Crippen molar-refractivity contribution >= 4 is 11.9 Å². The zero-order valence-electron chi connectivity index (χ0n) is 10.6. The largest absolute Gasteiger partial charge is 0.475 e. The first-order valence-corrected chi connectivity index (χ1v) is 5.71. The van der Waals surface area contributed by atoms with Gasteiger partial charge in [0.05, 0.1) is 12.1 Å². The minimum absolute atomic E-state index is 0.0406. The lowest BCUT2D eigenvalue weighted by Gasteiger charge is -2.22. The van der Waals surface area contributed by atoms with Crippen LogP contribution in [-0.4, -0.2) is 23.0 Å². The standard InChI is InChI=1S/C12H18N2O4/c1-6(2)10(11(13)15)14-7(3)8-4-5-9(18-8)12(16)17/h4-7,10,14H,1-3H3,(H2,13,15)(H,16,17). The van der Waals surface area contributed by atoms with Crippen molar-refractivity contribution in [2.45, 2.75) is 32.9 Å². The highest BCUT2D eigenvalue weighted by atomic mass is 16.4. The summed E-state index contributed by atoms with van der Waals surface area (Å²) in [4.78, 5) is 21.9. The molecule has 100 valence electrons. The van der Waals surface area contributed by atoms with Crippen molar-refractivity contribution in [3.8, 4) is 0 Å². The monoisotopic (exact) mass is 254 g/mol. The molecule has 0 saturated heterocycles. The average Bonchev–Trinajstić information content (AvgIpc) is 2.73. The van der Waals surface area contributed by atoms with E-state index in [0.717, 1.165) is 0 Å². The van der Waals surface area contributed by atoms with Crippen LogP contribution in [0.2, 0.25) is 0 Å². The number of primary amides is 1. The molecule has 1 amide bonds. The molecule has 0 fully saturated rings. The van der Waals surface area contributed by atoms with Gasteiger partial charge in [-0.05, 0) is 25.0 Å². The Bertz CT molecular complexity index is 439. The molecule has 1 aromatic heterocycles. The summed E-state index contributed by atoms with van der Waals surface area (Å²) in [6.07, 6.45) is 0. The highest BCUT2D eigenvalue weighted by Crippen LogP contribution is 2.18. The predicted octanol–water partition coefficient (Wildman–Crippen LogP) is 1.14. The maximum Gasteiger partial charge on any atom is 0.371 e. The molecule has 1 heterocycles. The second-order valence-corrected chi connectivity index (χ2v) is 4.52. The minimum Gasteiger partial charge on any atom is -0.475 e. The molecule has 0 aliphatic rings. The normalized spacial score (nSPS) is 14.4. The number of rotatable bonds is 6. The van der Waals surface area contributed by atoms with Gasteiger partial charge in [-0.2, -0.15) is 0 Å². The van der Waals surface area contributed by atoms with Gasteiger partial charge in [-0.3, -0.25) is 10.1 Å². The lowest BCUT2D eigenvalue weighted by atomic mass is 10.0. The van der Waals surface area contributed by atoms with Gasteiger partial charge in [0.1, 0.15) is 5.76 Å². The predicted molar refractivity (Wildman–Crippen MR) is 65.0 cm³/mol. The second-order valence-electron chi connectivity index (χ2n) is 4.52. The molecule has 0 radical (unpaired) electrons. The molecular weight excluding hydrogens is 236 g/mol. The summed E-state index contributed by atoms with van der Waals surface area (Å²) >= 11 is 0. The molecule has 0 aromatic carbocycles.